The molecule has 0 radical (unpaired) electrons. The molecule has 1 aromatic heterocycles. The summed E-state index contributed by atoms with van der Waals surface area (Å²) in [5, 5.41) is 6.55. The van der Waals surface area contributed by atoms with Crippen LogP contribution in [0.15, 0.2) is 6.33 Å². The molecular formula is C13H22N4. The SMILES string of the molecule is CCc1c(NC)ncnc1NCCCC1CC1. The van der Waals surface area contributed by atoms with Crippen LogP contribution in [0.2, 0.25) is 0 Å². The van der Waals surface area contributed by atoms with E-state index in [0.29, 0.717) is 0 Å². The van der Waals surface area contributed by atoms with Crippen LogP contribution in [0.5, 0.6) is 0 Å². The van der Waals surface area contributed by atoms with Gasteiger partial charge in [0.2, 0.25) is 0 Å². The Labute approximate surface area is 103 Å². The molecule has 4 heteroatoms. The van der Waals surface area contributed by atoms with Gasteiger partial charge in [0.25, 0.3) is 0 Å². The number of nitrogens with one attached hydrogen (secondary N) is 2. The van der Waals surface area contributed by atoms with Crippen LogP contribution in [0, 0.1) is 5.92 Å². The molecular weight excluding hydrogens is 212 g/mol. The van der Waals surface area contributed by atoms with E-state index in [0.717, 1.165) is 30.5 Å². The molecule has 1 aliphatic carbocycles. The summed E-state index contributed by atoms with van der Waals surface area (Å²) in [4.78, 5) is 8.56. The Hall–Kier alpha value is -1.32. The molecule has 1 aromatic rings. The summed E-state index contributed by atoms with van der Waals surface area (Å²) in [6.07, 6.45) is 8.05. The lowest BCUT2D eigenvalue weighted by atomic mass is 10.2. The standard InChI is InChI=1S/C13H22N4/c1-3-11-12(14-2)16-9-17-13(11)15-8-4-5-10-6-7-10/h9-10H,3-8H2,1-2H3,(H2,14,15,16,17). The van der Waals surface area contributed by atoms with Gasteiger partial charge in [-0.2, -0.15) is 0 Å². The van der Waals surface area contributed by atoms with E-state index < -0.39 is 0 Å². The zero-order valence-corrected chi connectivity index (χ0v) is 10.8. The number of aromatic nitrogens is 2. The van der Waals surface area contributed by atoms with Crippen molar-refractivity contribution in [3.05, 3.63) is 11.9 Å². The molecule has 0 bridgehead atoms. The summed E-state index contributed by atoms with van der Waals surface area (Å²) in [6, 6.07) is 0. The van der Waals surface area contributed by atoms with Crippen LogP contribution in [0.25, 0.3) is 0 Å². The number of nitrogens with zero attached hydrogens (tertiary/aromatic N) is 2. The van der Waals surface area contributed by atoms with Gasteiger partial charge in [0.1, 0.15) is 18.0 Å². The van der Waals surface area contributed by atoms with Gasteiger partial charge in [-0.1, -0.05) is 19.8 Å². The lowest BCUT2D eigenvalue weighted by Crippen LogP contribution is -2.09. The molecule has 0 atom stereocenters. The van der Waals surface area contributed by atoms with Gasteiger partial charge < -0.3 is 10.6 Å². The maximum absolute atomic E-state index is 4.33. The number of anilines is 2. The Bertz CT molecular complexity index is 360. The van der Waals surface area contributed by atoms with Crippen LogP contribution in [0.1, 0.15) is 38.2 Å². The molecule has 2 N–H and O–H groups in total. The molecule has 0 aliphatic heterocycles. The zero-order chi connectivity index (χ0) is 12.1. The van der Waals surface area contributed by atoms with E-state index in [2.05, 4.69) is 27.5 Å². The van der Waals surface area contributed by atoms with Crippen LogP contribution < -0.4 is 10.6 Å². The fourth-order valence-corrected chi connectivity index (χ4v) is 2.12. The van der Waals surface area contributed by atoms with Gasteiger partial charge in [-0.05, 0) is 25.2 Å². The first kappa shape index (κ1) is 12.1. The molecule has 17 heavy (non-hydrogen) atoms. The van der Waals surface area contributed by atoms with Gasteiger partial charge >= 0.3 is 0 Å². The molecule has 1 saturated carbocycles. The molecule has 0 spiro atoms. The van der Waals surface area contributed by atoms with Gasteiger partial charge in [0.15, 0.2) is 0 Å². The predicted octanol–water partition coefficient (Wildman–Crippen LogP) is 2.68. The third-order valence-electron chi connectivity index (χ3n) is 3.31. The van der Waals surface area contributed by atoms with Crippen LogP contribution >= 0.6 is 0 Å². The molecule has 1 aliphatic rings. The summed E-state index contributed by atoms with van der Waals surface area (Å²) >= 11 is 0. The van der Waals surface area contributed by atoms with Gasteiger partial charge in [-0.15, -0.1) is 0 Å². The van der Waals surface area contributed by atoms with Gasteiger partial charge in [-0.25, -0.2) is 9.97 Å². The molecule has 0 amide bonds. The zero-order valence-electron chi connectivity index (χ0n) is 10.8. The second-order valence-electron chi connectivity index (χ2n) is 4.67. The highest BCUT2D eigenvalue weighted by Crippen LogP contribution is 2.33. The monoisotopic (exact) mass is 234 g/mol. The number of hydrogen-bond acceptors (Lipinski definition) is 4. The highest BCUT2D eigenvalue weighted by molar-refractivity contribution is 5.56. The lowest BCUT2D eigenvalue weighted by molar-refractivity contribution is 0.686. The van der Waals surface area contributed by atoms with Crippen molar-refractivity contribution >= 4 is 11.6 Å². The molecule has 1 fully saturated rings. The van der Waals surface area contributed by atoms with Crippen molar-refractivity contribution in [1.29, 1.82) is 0 Å². The number of rotatable bonds is 7. The van der Waals surface area contributed by atoms with Crippen LogP contribution in [-0.2, 0) is 6.42 Å². The molecule has 1 heterocycles. The van der Waals surface area contributed by atoms with Crippen molar-refractivity contribution in [3.63, 3.8) is 0 Å². The van der Waals surface area contributed by atoms with Crippen molar-refractivity contribution < 1.29 is 0 Å². The predicted molar refractivity (Wildman–Crippen MR) is 71.4 cm³/mol. The molecule has 0 saturated heterocycles. The van der Waals surface area contributed by atoms with Crippen molar-refractivity contribution in [1.82, 2.24) is 9.97 Å². The third-order valence-corrected chi connectivity index (χ3v) is 3.31. The first-order chi connectivity index (χ1) is 8.35. The maximum atomic E-state index is 4.33. The normalized spacial score (nSPS) is 14.7. The van der Waals surface area contributed by atoms with E-state index in [1.807, 2.05) is 7.05 Å². The quantitative estimate of drug-likeness (QED) is 0.712. The van der Waals surface area contributed by atoms with E-state index in [4.69, 9.17) is 0 Å². The summed E-state index contributed by atoms with van der Waals surface area (Å²) < 4.78 is 0. The van der Waals surface area contributed by atoms with Crippen LogP contribution in [-0.4, -0.2) is 23.6 Å². The van der Waals surface area contributed by atoms with Crippen LogP contribution in [0.3, 0.4) is 0 Å². The lowest BCUT2D eigenvalue weighted by Gasteiger charge is -2.12. The summed E-state index contributed by atoms with van der Waals surface area (Å²) in [7, 11) is 1.90. The van der Waals surface area contributed by atoms with E-state index >= 15 is 0 Å². The van der Waals surface area contributed by atoms with Crippen molar-refractivity contribution in [2.24, 2.45) is 5.92 Å². The second kappa shape index (κ2) is 5.84. The Morgan fingerprint density at radius 3 is 2.71 bits per heavy atom. The minimum Gasteiger partial charge on any atom is -0.373 e. The average Bonchev–Trinajstić information content (AvgIpc) is 3.18. The first-order valence-corrected chi connectivity index (χ1v) is 6.60. The summed E-state index contributed by atoms with van der Waals surface area (Å²) in [5.41, 5.74) is 1.18. The van der Waals surface area contributed by atoms with Crippen molar-refractivity contribution in [3.8, 4) is 0 Å². The van der Waals surface area contributed by atoms with Gasteiger partial charge in [-0.3, -0.25) is 0 Å². The molecule has 2 rings (SSSR count). The van der Waals surface area contributed by atoms with Gasteiger partial charge in [0.05, 0.1) is 0 Å². The minimum absolute atomic E-state index is 0.937. The fraction of sp³-hybridized carbons (Fsp3) is 0.692. The van der Waals surface area contributed by atoms with E-state index in [9.17, 15) is 0 Å². The molecule has 0 aromatic carbocycles. The minimum atomic E-state index is 0.937. The highest BCUT2D eigenvalue weighted by Gasteiger charge is 2.20. The highest BCUT2D eigenvalue weighted by atomic mass is 15.1. The largest absolute Gasteiger partial charge is 0.373 e. The van der Waals surface area contributed by atoms with Gasteiger partial charge in [0, 0.05) is 19.2 Å². The number of hydrogen-bond donors (Lipinski definition) is 2. The topological polar surface area (TPSA) is 49.8 Å². The fourth-order valence-electron chi connectivity index (χ4n) is 2.12. The summed E-state index contributed by atoms with van der Waals surface area (Å²) in [5.74, 6) is 2.94. The Kier molecular flexibility index (Phi) is 4.18. The molecule has 0 unspecified atom stereocenters. The van der Waals surface area contributed by atoms with Crippen molar-refractivity contribution in [2.45, 2.75) is 39.0 Å². The van der Waals surface area contributed by atoms with E-state index in [1.165, 1.54) is 31.2 Å². The third kappa shape index (κ3) is 3.32. The Morgan fingerprint density at radius 1 is 1.29 bits per heavy atom. The average molecular weight is 234 g/mol. The van der Waals surface area contributed by atoms with E-state index in [1.54, 1.807) is 6.33 Å². The summed E-state index contributed by atoms with van der Waals surface area (Å²) in [6.45, 7) is 3.15. The first-order valence-electron chi connectivity index (χ1n) is 6.60. The van der Waals surface area contributed by atoms with E-state index in [-0.39, 0.29) is 0 Å². The van der Waals surface area contributed by atoms with Crippen molar-refractivity contribution in [2.75, 3.05) is 24.2 Å². The molecule has 4 nitrogen and oxygen atoms in total. The smallest absolute Gasteiger partial charge is 0.134 e. The second-order valence-corrected chi connectivity index (χ2v) is 4.67. The maximum Gasteiger partial charge on any atom is 0.134 e. The Balaban J connectivity index is 1.88. The Morgan fingerprint density at radius 2 is 2.06 bits per heavy atom. The molecule has 94 valence electrons. The van der Waals surface area contributed by atoms with Crippen LogP contribution in [0.4, 0.5) is 11.6 Å².